The third-order valence-electron chi connectivity index (χ3n) is 2.89. The van der Waals surface area contributed by atoms with Gasteiger partial charge in [-0.3, -0.25) is 0 Å². The van der Waals surface area contributed by atoms with Crippen LogP contribution in [0.15, 0.2) is 30.5 Å². The van der Waals surface area contributed by atoms with Gasteiger partial charge < -0.3 is 15.2 Å². The molecule has 100 valence electrons. The molecule has 19 heavy (non-hydrogen) atoms. The summed E-state index contributed by atoms with van der Waals surface area (Å²) in [5.41, 5.74) is 7.80. The fraction of sp³-hybridized carbons (Fsp3) is 0.286. The average Bonchev–Trinajstić information content (AvgIpc) is 2.45. The molecule has 0 aliphatic heterocycles. The Balaban J connectivity index is 2.51. The van der Waals surface area contributed by atoms with Crippen LogP contribution >= 0.6 is 0 Å². The molecule has 0 spiro atoms. The Morgan fingerprint density at radius 2 is 1.74 bits per heavy atom. The predicted molar refractivity (Wildman–Crippen MR) is 72.3 cm³/mol. The van der Waals surface area contributed by atoms with Gasteiger partial charge in [-0.05, 0) is 25.1 Å². The summed E-state index contributed by atoms with van der Waals surface area (Å²) in [6.45, 7) is 1.83. The number of aromatic nitrogens is 2. The summed E-state index contributed by atoms with van der Waals surface area (Å²) in [6.07, 6.45) is 1.69. The minimum Gasteiger partial charge on any atom is -0.496 e. The van der Waals surface area contributed by atoms with Gasteiger partial charge in [-0.2, -0.15) is 0 Å². The number of aryl methyl sites for hydroxylation is 1. The highest BCUT2D eigenvalue weighted by molar-refractivity contribution is 5.49. The smallest absolute Gasteiger partial charge is 0.127 e. The van der Waals surface area contributed by atoms with Gasteiger partial charge in [0, 0.05) is 6.20 Å². The Hall–Kier alpha value is -2.14. The summed E-state index contributed by atoms with van der Waals surface area (Å²) in [5.74, 6) is 2.05. The molecule has 0 bridgehead atoms. The van der Waals surface area contributed by atoms with E-state index in [4.69, 9.17) is 15.2 Å². The molecule has 2 N–H and O–H groups in total. The minimum absolute atomic E-state index is 0.423. The lowest BCUT2D eigenvalue weighted by Gasteiger charge is -2.18. The van der Waals surface area contributed by atoms with E-state index in [1.165, 1.54) is 0 Å². The van der Waals surface area contributed by atoms with Crippen molar-refractivity contribution in [2.75, 3.05) is 14.2 Å². The van der Waals surface area contributed by atoms with E-state index in [2.05, 4.69) is 9.97 Å². The maximum atomic E-state index is 6.29. The standard InChI is InChI=1S/C14H17N3O2/c1-9-16-8-7-10(17-9)14(15)13-11(18-2)5-4-6-12(13)19-3/h4-8,14H,15H2,1-3H3. The van der Waals surface area contributed by atoms with Crippen molar-refractivity contribution in [3.05, 3.63) is 47.5 Å². The lowest BCUT2D eigenvalue weighted by molar-refractivity contribution is 0.382. The highest BCUT2D eigenvalue weighted by atomic mass is 16.5. The Kier molecular flexibility index (Phi) is 3.97. The van der Waals surface area contributed by atoms with E-state index in [0.29, 0.717) is 17.3 Å². The van der Waals surface area contributed by atoms with E-state index in [-0.39, 0.29) is 0 Å². The second kappa shape index (κ2) is 5.67. The molecule has 2 aromatic rings. The predicted octanol–water partition coefficient (Wildman–Crippen LogP) is 1.85. The molecule has 2 rings (SSSR count). The number of rotatable bonds is 4. The van der Waals surface area contributed by atoms with Crippen LogP contribution in [0, 0.1) is 6.92 Å². The maximum Gasteiger partial charge on any atom is 0.127 e. The average molecular weight is 259 g/mol. The summed E-state index contributed by atoms with van der Waals surface area (Å²) >= 11 is 0. The molecule has 0 aliphatic rings. The summed E-state index contributed by atoms with van der Waals surface area (Å²) in [6, 6.07) is 6.94. The molecule has 0 saturated carbocycles. The van der Waals surface area contributed by atoms with Crippen LogP contribution in [0.1, 0.15) is 23.1 Å². The van der Waals surface area contributed by atoms with Crippen molar-refractivity contribution in [3.8, 4) is 11.5 Å². The first-order valence-electron chi connectivity index (χ1n) is 5.93. The quantitative estimate of drug-likeness (QED) is 0.907. The normalized spacial score (nSPS) is 12.0. The molecule has 0 radical (unpaired) electrons. The van der Waals surface area contributed by atoms with Crippen molar-refractivity contribution in [2.24, 2.45) is 5.73 Å². The molecule has 0 saturated heterocycles. The topological polar surface area (TPSA) is 70.3 Å². The molecule has 0 fully saturated rings. The molecule has 0 amide bonds. The van der Waals surface area contributed by atoms with Gasteiger partial charge in [-0.1, -0.05) is 6.07 Å². The van der Waals surface area contributed by atoms with Crippen molar-refractivity contribution in [3.63, 3.8) is 0 Å². The first-order valence-corrected chi connectivity index (χ1v) is 5.93. The van der Waals surface area contributed by atoms with Crippen molar-refractivity contribution in [1.82, 2.24) is 9.97 Å². The lowest BCUT2D eigenvalue weighted by Crippen LogP contribution is -2.16. The minimum atomic E-state index is -0.423. The zero-order chi connectivity index (χ0) is 13.8. The van der Waals surface area contributed by atoms with Gasteiger partial charge in [0.25, 0.3) is 0 Å². The molecule has 1 heterocycles. The third-order valence-corrected chi connectivity index (χ3v) is 2.89. The van der Waals surface area contributed by atoms with Crippen LogP contribution in [0.5, 0.6) is 11.5 Å². The second-order valence-corrected chi connectivity index (χ2v) is 4.08. The first kappa shape index (κ1) is 13.3. The zero-order valence-corrected chi connectivity index (χ0v) is 11.3. The molecule has 1 atom stereocenters. The van der Waals surface area contributed by atoms with Gasteiger partial charge in [0.15, 0.2) is 0 Å². The lowest BCUT2D eigenvalue weighted by atomic mass is 10.0. The number of methoxy groups -OCH3 is 2. The Bertz CT molecular complexity index is 550. The molecule has 1 unspecified atom stereocenters. The fourth-order valence-electron chi connectivity index (χ4n) is 1.98. The largest absolute Gasteiger partial charge is 0.496 e. The Morgan fingerprint density at radius 1 is 1.11 bits per heavy atom. The summed E-state index contributed by atoms with van der Waals surface area (Å²) < 4.78 is 10.7. The van der Waals surface area contributed by atoms with Gasteiger partial charge >= 0.3 is 0 Å². The number of hydrogen-bond donors (Lipinski definition) is 1. The van der Waals surface area contributed by atoms with Gasteiger partial charge in [0.05, 0.1) is 31.5 Å². The zero-order valence-electron chi connectivity index (χ0n) is 11.3. The molecule has 5 nitrogen and oxygen atoms in total. The van der Waals surface area contributed by atoms with Gasteiger partial charge in [-0.25, -0.2) is 9.97 Å². The van der Waals surface area contributed by atoms with Crippen molar-refractivity contribution >= 4 is 0 Å². The number of nitrogens with zero attached hydrogens (tertiary/aromatic N) is 2. The van der Waals surface area contributed by atoms with Crippen LogP contribution in [0.25, 0.3) is 0 Å². The van der Waals surface area contributed by atoms with Crippen LogP contribution in [0.3, 0.4) is 0 Å². The first-order chi connectivity index (χ1) is 9.17. The van der Waals surface area contributed by atoms with Crippen molar-refractivity contribution < 1.29 is 9.47 Å². The molecule has 1 aromatic heterocycles. The van der Waals surface area contributed by atoms with Crippen LogP contribution in [0.4, 0.5) is 0 Å². The van der Waals surface area contributed by atoms with Crippen LogP contribution in [0.2, 0.25) is 0 Å². The van der Waals surface area contributed by atoms with E-state index < -0.39 is 6.04 Å². The van der Waals surface area contributed by atoms with E-state index in [1.807, 2.05) is 25.1 Å². The highest BCUT2D eigenvalue weighted by Crippen LogP contribution is 2.35. The van der Waals surface area contributed by atoms with Gasteiger partial charge in [0.1, 0.15) is 17.3 Å². The van der Waals surface area contributed by atoms with Crippen molar-refractivity contribution in [1.29, 1.82) is 0 Å². The second-order valence-electron chi connectivity index (χ2n) is 4.08. The van der Waals surface area contributed by atoms with Gasteiger partial charge in [-0.15, -0.1) is 0 Å². The van der Waals surface area contributed by atoms with E-state index >= 15 is 0 Å². The van der Waals surface area contributed by atoms with Gasteiger partial charge in [0.2, 0.25) is 0 Å². The Morgan fingerprint density at radius 3 is 2.26 bits per heavy atom. The number of nitrogens with two attached hydrogens (primary N) is 1. The van der Waals surface area contributed by atoms with Crippen molar-refractivity contribution in [2.45, 2.75) is 13.0 Å². The SMILES string of the molecule is COc1cccc(OC)c1C(N)c1ccnc(C)n1. The third kappa shape index (κ3) is 2.66. The number of ether oxygens (including phenoxy) is 2. The van der Waals surface area contributed by atoms with Crippen LogP contribution in [-0.2, 0) is 0 Å². The monoisotopic (exact) mass is 259 g/mol. The van der Waals surface area contributed by atoms with E-state index in [9.17, 15) is 0 Å². The van der Waals surface area contributed by atoms with Crippen LogP contribution in [-0.4, -0.2) is 24.2 Å². The van der Waals surface area contributed by atoms with E-state index in [0.717, 1.165) is 11.3 Å². The molecule has 5 heteroatoms. The van der Waals surface area contributed by atoms with E-state index in [1.54, 1.807) is 26.5 Å². The summed E-state index contributed by atoms with van der Waals surface area (Å²) in [4.78, 5) is 8.42. The molecular weight excluding hydrogens is 242 g/mol. The Labute approximate surface area is 112 Å². The molecule has 1 aromatic carbocycles. The molecular formula is C14H17N3O2. The maximum absolute atomic E-state index is 6.29. The van der Waals surface area contributed by atoms with Crippen LogP contribution < -0.4 is 15.2 Å². The fourth-order valence-corrected chi connectivity index (χ4v) is 1.98. The molecule has 0 aliphatic carbocycles. The number of benzene rings is 1. The number of hydrogen-bond acceptors (Lipinski definition) is 5. The summed E-state index contributed by atoms with van der Waals surface area (Å²) in [5, 5.41) is 0. The summed E-state index contributed by atoms with van der Waals surface area (Å²) in [7, 11) is 3.21. The highest BCUT2D eigenvalue weighted by Gasteiger charge is 2.20.